The molecular weight excluding hydrogens is 338 g/mol. The number of ether oxygens (including phenoxy) is 1. The minimum atomic E-state index is 0.384. The Labute approximate surface area is 160 Å². The second kappa shape index (κ2) is 7.92. The monoisotopic (exact) mass is 363 g/mol. The summed E-state index contributed by atoms with van der Waals surface area (Å²) in [4.78, 5) is 7.03. The highest BCUT2D eigenvalue weighted by Crippen LogP contribution is 2.33. The minimum absolute atomic E-state index is 0.384. The average Bonchev–Trinajstić information content (AvgIpc) is 3.38. The molecule has 0 spiro atoms. The Balaban J connectivity index is 1.47. The Morgan fingerprint density at radius 3 is 2.59 bits per heavy atom. The number of nitrogens with zero attached hydrogens (tertiary/aromatic N) is 3. The van der Waals surface area contributed by atoms with Crippen LogP contribution in [-0.4, -0.2) is 28.7 Å². The molecule has 3 aromatic rings. The van der Waals surface area contributed by atoms with Crippen LogP contribution in [0.4, 0.5) is 0 Å². The Bertz CT molecular complexity index is 871. The van der Waals surface area contributed by atoms with Crippen molar-refractivity contribution in [1.82, 2.24) is 15.0 Å². The molecule has 0 radical (unpaired) electrons. The molecule has 2 aromatic carbocycles. The highest BCUT2D eigenvalue weighted by Gasteiger charge is 2.27. The van der Waals surface area contributed by atoms with E-state index in [-0.39, 0.29) is 0 Å². The Morgan fingerprint density at radius 2 is 1.89 bits per heavy atom. The number of hydrogen-bond acceptors (Lipinski definition) is 5. The Hall–Kier alpha value is -2.66. The number of methoxy groups -OCH3 is 1. The van der Waals surface area contributed by atoms with E-state index >= 15 is 0 Å². The van der Waals surface area contributed by atoms with E-state index in [4.69, 9.17) is 9.26 Å². The number of benzene rings is 2. The Morgan fingerprint density at radius 1 is 1.11 bits per heavy atom. The van der Waals surface area contributed by atoms with Crippen LogP contribution in [0.1, 0.15) is 42.8 Å². The van der Waals surface area contributed by atoms with Crippen molar-refractivity contribution in [1.29, 1.82) is 0 Å². The molecule has 0 N–H and O–H groups in total. The van der Waals surface area contributed by atoms with Crippen molar-refractivity contribution in [3.8, 4) is 17.1 Å². The third-order valence-electron chi connectivity index (χ3n) is 5.29. The fourth-order valence-electron chi connectivity index (χ4n) is 3.72. The number of aryl methyl sites for hydroxylation is 1. The van der Waals surface area contributed by atoms with Gasteiger partial charge in [0.2, 0.25) is 11.7 Å². The minimum Gasteiger partial charge on any atom is -0.497 e. The topological polar surface area (TPSA) is 51.4 Å². The van der Waals surface area contributed by atoms with Crippen LogP contribution in [0.5, 0.6) is 5.75 Å². The van der Waals surface area contributed by atoms with Crippen LogP contribution in [-0.2, 0) is 13.0 Å². The molecule has 1 aromatic heterocycles. The van der Waals surface area contributed by atoms with Gasteiger partial charge >= 0.3 is 0 Å². The molecule has 27 heavy (non-hydrogen) atoms. The summed E-state index contributed by atoms with van der Waals surface area (Å²) in [7, 11) is 1.69. The summed E-state index contributed by atoms with van der Waals surface area (Å²) >= 11 is 0. The van der Waals surface area contributed by atoms with Gasteiger partial charge in [-0.05, 0) is 49.1 Å². The average molecular weight is 363 g/mol. The largest absolute Gasteiger partial charge is 0.497 e. The van der Waals surface area contributed by atoms with E-state index in [0.29, 0.717) is 24.3 Å². The van der Waals surface area contributed by atoms with Crippen molar-refractivity contribution < 1.29 is 9.26 Å². The summed E-state index contributed by atoms with van der Waals surface area (Å²) in [6.07, 6.45) is 3.35. The van der Waals surface area contributed by atoms with Gasteiger partial charge in [0.15, 0.2) is 0 Å². The molecule has 5 nitrogen and oxygen atoms in total. The van der Waals surface area contributed by atoms with Crippen LogP contribution in [0.25, 0.3) is 11.4 Å². The van der Waals surface area contributed by atoms with Gasteiger partial charge in [-0.15, -0.1) is 0 Å². The van der Waals surface area contributed by atoms with Crippen LogP contribution in [0.15, 0.2) is 53.1 Å². The summed E-state index contributed by atoms with van der Waals surface area (Å²) < 4.78 is 10.8. The van der Waals surface area contributed by atoms with Crippen molar-refractivity contribution >= 4 is 0 Å². The molecule has 1 aliphatic heterocycles. The third kappa shape index (κ3) is 3.88. The van der Waals surface area contributed by atoms with Gasteiger partial charge in [-0.3, -0.25) is 4.90 Å². The lowest BCUT2D eigenvalue weighted by Crippen LogP contribution is -2.22. The third-order valence-corrected chi connectivity index (χ3v) is 5.29. The summed E-state index contributed by atoms with van der Waals surface area (Å²) in [5.41, 5.74) is 3.61. The number of rotatable bonds is 6. The molecule has 1 fully saturated rings. The molecule has 4 rings (SSSR count). The predicted octanol–water partition coefficient (Wildman–Crippen LogP) is 4.64. The van der Waals surface area contributed by atoms with Crippen molar-refractivity contribution in [2.24, 2.45) is 0 Å². The summed E-state index contributed by atoms with van der Waals surface area (Å²) in [6, 6.07) is 17.1. The number of hydrogen-bond donors (Lipinski definition) is 0. The summed E-state index contributed by atoms with van der Waals surface area (Å²) in [5.74, 6) is 2.22. The van der Waals surface area contributed by atoms with E-state index in [1.54, 1.807) is 7.11 Å². The molecule has 0 aliphatic carbocycles. The van der Waals surface area contributed by atoms with Gasteiger partial charge in [0.05, 0.1) is 13.7 Å². The maximum atomic E-state index is 5.54. The van der Waals surface area contributed by atoms with Gasteiger partial charge in [-0.1, -0.05) is 48.5 Å². The van der Waals surface area contributed by atoms with Crippen LogP contribution in [0.2, 0.25) is 0 Å². The molecule has 5 heteroatoms. The lowest BCUT2D eigenvalue weighted by Gasteiger charge is -2.23. The first kappa shape index (κ1) is 17.7. The van der Waals surface area contributed by atoms with Gasteiger partial charge in [0.25, 0.3) is 0 Å². The van der Waals surface area contributed by atoms with Crippen LogP contribution < -0.4 is 4.74 Å². The van der Waals surface area contributed by atoms with E-state index in [0.717, 1.165) is 30.7 Å². The van der Waals surface area contributed by atoms with Crippen LogP contribution in [0, 0.1) is 0 Å². The molecule has 0 saturated carbocycles. The molecule has 0 unspecified atom stereocenters. The van der Waals surface area contributed by atoms with Crippen LogP contribution in [0.3, 0.4) is 0 Å². The first-order valence-electron chi connectivity index (χ1n) is 9.56. The lowest BCUT2D eigenvalue weighted by molar-refractivity contribution is 0.212. The smallest absolute Gasteiger partial charge is 0.241 e. The molecule has 140 valence electrons. The predicted molar refractivity (Wildman–Crippen MR) is 104 cm³/mol. The van der Waals surface area contributed by atoms with Crippen molar-refractivity contribution in [3.63, 3.8) is 0 Å². The molecule has 1 aliphatic rings. The first-order chi connectivity index (χ1) is 13.3. The van der Waals surface area contributed by atoms with Gasteiger partial charge in [0, 0.05) is 11.6 Å². The maximum absolute atomic E-state index is 5.54. The van der Waals surface area contributed by atoms with Crippen molar-refractivity contribution in [2.45, 2.75) is 38.8 Å². The zero-order valence-corrected chi connectivity index (χ0v) is 15.9. The molecule has 0 bridgehead atoms. The van der Waals surface area contributed by atoms with Gasteiger partial charge in [0.1, 0.15) is 5.75 Å². The van der Waals surface area contributed by atoms with E-state index in [1.807, 2.05) is 12.1 Å². The molecule has 0 amide bonds. The second-order valence-corrected chi connectivity index (χ2v) is 6.96. The SMILES string of the molecule is CCc1ccc(-c2noc(CN3CCC[C@H]3c3ccc(OC)cc3)n2)cc1. The number of aromatic nitrogens is 2. The summed E-state index contributed by atoms with van der Waals surface area (Å²) in [6.45, 7) is 3.87. The normalized spacial score (nSPS) is 17.3. The van der Waals surface area contributed by atoms with Crippen molar-refractivity contribution in [3.05, 3.63) is 65.5 Å². The summed E-state index contributed by atoms with van der Waals surface area (Å²) in [5, 5.41) is 4.18. The van der Waals surface area contributed by atoms with E-state index in [1.165, 1.54) is 17.5 Å². The maximum Gasteiger partial charge on any atom is 0.241 e. The Kier molecular flexibility index (Phi) is 5.21. The molecule has 1 saturated heterocycles. The van der Waals surface area contributed by atoms with E-state index in [9.17, 15) is 0 Å². The quantitative estimate of drug-likeness (QED) is 0.638. The lowest BCUT2D eigenvalue weighted by atomic mass is 10.0. The standard InChI is InChI=1S/C22H25N3O2/c1-3-16-6-8-18(9-7-16)22-23-21(27-24-22)15-25-14-4-5-20(25)17-10-12-19(26-2)13-11-17/h6-13,20H,3-5,14-15H2,1-2H3/t20-/m0/s1. The zero-order chi connectivity index (χ0) is 18.6. The van der Waals surface area contributed by atoms with Gasteiger partial charge in [-0.2, -0.15) is 4.98 Å². The molecular formula is C22H25N3O2. The highest BCUT2D eigenvalue weighted by atomic mass is 16.5. The molecule has 2 heterocycles. The molecule has 1 atom stereocenters. The fraction of sp³-hybridized carbons (Fsp3) is 0.364. The van der Waals surface area contributed by atoms with Crippen molar-refractivity contribution in [2.75, 3.05) is 13.7 Å². The second-order valence-electron chi connectivity index (χ2n) is 6.96. The van der Waals surface area contributed by atoms with E-state index < -0.39 is 0 Å². The first-order valence-corrected chi connectivity index (χ1v) is 9.56. The van der Waals surface area contributed by atoms with Gasteiger partial charge < -0.3 is 9.26 Å². The fourth-order valence-corrected chi connectivity index (χ4v) is 3.72. The van der Waals surface area contributed by atoms with Gasteiger partial charge in [-0.25, -0.2) is 0 Å². The van der Waals surface area contributed by atoms with E-state index in [2.05, 4.69) is 58.4 Å². The van der Waals surface area contributed by atoms with Crippen LogP contribution >= 0.6 is 0 Å². The zero-order valence-electron chi connectivity index (χ0n) is 15.9. The number of likely N-dealkylation sites (tertiary alicyclic amines) is 1. The highest BCUT2D eigenvalue weighted by molar-refractivity contribution is 5.54.